The van der Waals surface area contributed by atoms with E-state index in [1.807, 2.05) is 0 Å². The fourth-order valence-electron chi connectivity index (χ4n) is 2.69. The molecule has 2 rings (SSSR count). The van der Waals surface area contributed by atoms with Crippen LogP contribution in [0.25, 0.3) is 0 Å². The number of amides is 1. The van der Waals surface area contributed by atoms with Gasteiger partial charge in [-0.25, -0.2) is 4.39 Å². The number of carbonyl (C=O) groups is 2. The van der Waals surface area contributed by atoms with Crippen molar-refractivity contribution >= 4 is 11.9 Å². The average molecular weight is 279 g/mol. The van der Waals surface area contributed by atoms with Gasteiger partial charge in [-0.05, 0) is 31.0 Å². The van der Waals surface area contributed by atoms with Crippen molar-refractivity contribution in [2.24, 2.45) is 0 Å². The first kappa shape index (κ1) is 14.5. The molecule has 1 N–H and O–H groups in total. The molecule has 0 spiro atoms. The molecule has 1 saturated carbocycles. The highest BCUT2D eigenvalue weighted by molar-refractivity contribution is 5.96. The van der Waals surface area contributed by atoms with Gasteiger partial charge in [-0.1, -0.05) is 25.3 Å². The summed E-state index contributed by atoms with van der Waals surface area (Å²) in [7, 11) is 0. The van der Waals surface area contributed by atoms with Crippen molar-refractivity contribution in [3.8, 4) is 0 Å². The largest absolute Gasteiger partial charge is 0.480 e. The number of hydrogen-bond acceptors (Lipinski definition) is 2. The van der Waals surface area contributed by atoms with E-state index < -0.39 is 17.7 Å². The molecule has 0 saturated heterocycles. The fraction of sp³-hybridized carbons (Fsp3) is 0.467. The molecule has 5 heteroatoms. The molecular formula is C15H18FNO3. The van der Waals surface area contributed by atoms with Crippen molar-refractivity contribution in [3.05, 3.63) is 35.6 Å². The normalized spacial score (nSPS) is 15.8. The summed E-state index contributed by atoms with van der Waals surface area (Å²) in [5.41, 5.74) is 0.205. The number of benzene rings is 1. The van der Waals surface area contributed by atoms with E-state index in [1.54, 1.807) is 0 Å². The summed E-state index contributed by atoms with van der Waals surface area (Å²) >= 11 is 0. The molecule has 1 amide bonds. The Labute approximate surface area is 117 Å². The van der Waals surface area contributed by atoms with Gasteiger partial charge >= 0.3 is 5.97 Å². The second kappa shape index (κ2) is 6.50. The van der Waals surface area contributed by atoms with Crippen LogP contribution in [-0.2, 0) is 4.79 Å². The van der Waals surface area contributed by atoms with Gasteiger partial charge in [0.25, 0.3) is 5.91 Å². The molecule has 1 aromatic rings. The monoisotopic (exact) mass is 279 g/mol. The van der Waals surface area contributed by atoms with Crippen LogP contribution in [0.3, 0.4) is 0 Å². The molecule has 0 heterocycles. The zero-order valence-corrected chi connectivity index (χ0v) is 11.2. The summed E-state index contributed by atoms with van der Waals surface area (Å²) < 4.78 is 13.2. The smallest absolute Gasteiger partial charge is 0.323 e. The number of aliphatic carboxylic acids is 1. The first-order valence-corrected chi connectivity index (χ1v) is 6.86. The maximum atomic E-state index is 13.2. The van der Waals surface area contributed by atoms with Crippen molar-refractivity contribution in [2.45, 2.75) is 38.1 Å². The Kier molecular flexibility index (Phi) is 4.71. The summed E-state index contributed by atoms with van der Waals surface area (Å²) in [6.45, 7) is -0.333. The third kappa shape index (κ3) is 3.56. The topological polar surface area (TPSA) is 57.6 Å². The molecule has 1 aromatic carbocycles. The van der Waals surface area contributed by atoms with Gasteiger partial charge in [0.05, 0.1) is 0 Å². The minimum atomic E-state index is -1.04. The van der Waals surface area contributed by atoms with E-state index in [1.165, 1.54) is 23.1 Å². The standard InChI is InChI=1S/C15H18FNO3/c16-12-6-4-5-11(9-12)15(20)17(10-14(18)19)13-7-2-1-3-8-13/h4-6,9,13H,1-3,7-8,10H2,(H,18,19). The Morgan fingerprint density at radius 2 is 1.95 bits per heavy atom. The summed E-state index contributed by atoms with van der Waals surface area (Å²) in [4.78, 5) is 24.8. The summed E-state index contributed by atoms with van der Waals surface area (Å²) in [6, 6.07) is 5.33. The van der Waals surface area contributed by atoms with E-state index in [9.17, 15) is 14.0 Å². The van der Waals surface area contributed by atoms with E-state index in [0.717, 1.165) is 38.2 Å². The number of nitrogens with zero attached hydrogens (tertiary/aromatic N) is 1. The van der Waals surface area contributed by atoms with E-state index >= 15 is 0 Å². The Bertz CT molecular complexity index is 498. The lowest BCUT2D eigenvalue weighted by Gasteiger charge is -2.33. The van der Waals surface area contributed by atoms with Crippen LogP contribution < -0.4 is 0 Å². The highest BCUT2D eigenvalue weighted by Crippen LogP contribution is 2.24. The zero-order chi connectivity index (χ0) is 14.5. The average Bonchev–Trinajstić information content (AvgIpc) is 2.45. The number of carboxylic acid groups (broad SMARTS) is 1. The number of carbonyl (C=O) groups excluding carboxylic acids is 1. The zero-order valence-electron chi connectivity index (χ0n) is 11.2. The van der Waals surface area contributed by atoms with Gasteiger partial charge in [-0.2, -0.15) is 0 Å². The Balaban J connectivity index is 2.20. The van der Waals surface area contributed by atoms with Gasteiger partial charge in [-0.3, -0.25) is 9.59 Å². The first-order chi connectivity index (χ1) is 9.58. The molecule has 0 aliphatic heterocycles. The molecule has 0 unspecified atom stereocenters. The Hall–Kier alpha value is -1.91. The minimum Gasteiger partial charge on any atom is -0.480 e. The molecular weight excluding hydrogens is 261 g/mol. The highest BCUT2D eigenvalue weighted by atomic mass is 19.1. The number of rotatable bonds is 4. The van der Waals surface area contributed by atoms with Crippen LogP contribution in [0.1, 0.15) is 42.5 Å². The molecule has 0 atom stereocenters. The van der Waals surface area contributed by atoms with Crippen LogP contribution in [0.2, 0.25) is 0 Å². The van der Waals surface area contributed by atoms with E-state index in [-0.39, 0.29) is 18.2 Å². The maximum absolute atomic E-state index is 13.2. The highest BCUT2D eigenvalue weighted by Gasteiger charge is 2.28. The molecule has 0 radical (unpaired) electrons. The lowest BCUT2D eigenvalue weighted by Crippen LogP contribution is -2.44. The quantitative estimate of drug-likeness (QED) is 0.922. The third-order valence-corrected chi connectivity index (χ3v) is 3.65. The van der Waals surface area contributed by atoms with Gasteiger partial charge in [-0.15, -0.1) is 0 Å². The van der Waals surface area contributed by atoms with Crippen LogP contribution in [0.4, 0.5) is 4.39 Å². The van der Waals surface area contributed by atoms with Crippen LogP contribution in [0.15, 0.2) is 24.3 Å². The molecule has 1 aliphatic rings. The van der Waals surface area contributed by atoms with Crippen LogP contribution in [0.5, 0.6) is 0 Å². The van der Waals surface area contributed by atoms with Crippen molar-refractivity contribution in [2.75, 3.05) is 6.54 Å². The molecule has 4 nitrogen and oxygen atoms in total. The first-order valence-electron chi connectivity index (χ1n) is 6.86. The van der Waals surface area contributed by atoms with Gasteiger partial charge in [0.1, 0.15) is 12.4 Å². The molecule has 0 aromatic heterocycles. The van der Waals surface area contributed by atoms with Crippen molar-refractivity contribution in [1.29, 1.82) is 0 Å². The molecule has 0 bridgehead atoms. The predicted octanol–water partition coefficient (Wildman–Crippen LogP) is 2.69. The van der Waals surface area contributed by atoms with Crippen LogP contribution in [-0.4, -0.2) is 34.5 Å². The predicted molar refractivity (Wildman–Crippen MR) is 71.9 cm³/mol. The van der Waals surface area contributed by atoms with E-state index in [4.69, 9.17) is 5.11 Å². The Morgan fingerprint density at radius 3 is 2.55 bits per heavy atom. The fourth-order valence-corrected chi connectivity index (χ4v) is 2.69. The number of hydrogen-bond donors (Lipinski definition) is 1. The van der Waals surface area contributed by atoms with Gasteiger partial charge < -0.3 is 10.0 Å². The SMILES string of the molecule is O=C(O)CN(C(=O)c1cccc(F)c1)C1CCCCC1. The van der Waals surface area contributed by atoms with Crippen LogP contribution in [0, 0.1) is 5.82 Å². The van der Waals surface area contributed by atoms with Crippen molar-refractivity contribution in [3.63, 3.8) is 0 Å². The van der Waals surface area contributed by atoms with Gasteiger partial charge in [0.2, 0.25) is 0 Å². The summed E-state index contributed by atoms with van der Waals surface area (Å²) in [6.07, 6.45) is 4.74. The Morgan fingerprint density at radius 1 is 1.25 bits per heavy atom. The second-order valence-electron chi connectivity index (χ2n) is 5.13. The summed E-state index contributed by atoms with van der Waals surface area (Å²) in [5, 5.41) is 9.00. The molecule has 20 heavy (non-hydrogen) atoms. The van der Waals surface area contributed by atoms with E-state index in [0.29, 0.717) is 0 Å². The third-order valence-electron chi connectivity index (χ3n) is 3.65. The van der Waals surface area contributed by atoms with Gasteiger partial charge in [0, 0.05) is 11.6 Å². The second-order valence-corrected chi connectivity index (χ2v) is 5.13. The molecule has 108 valence electrons. The molecule has 1 aliphatic carbocycles. The maximum Gasteiger partial charge on any atom is 0.323 e. The summed E-state index contributed by atoms with van der Waals surface area (Å²) in [5.74, 6) is -1.94. The lowest BCUT2D eigenvalue weighted by molar-refractivity contribution is -0.138. The van der Waals surface area contributed by atoms with Crippen LogP contribution >= 0.6 is 0 Å². The van der Waals surface area contributed by atoms with E-state index in [2.05, 4.69) is 0 Å². The van der Waals surface area contributed by atoms with Gasteiger partial charge in [0.15, 0.2) is 0 Å². The van der Waals surface area contributed by atoms with Crippen molar-refractivity contribution < 1.29 is 19.1 Å². The number of halogens is 1. The molecule has 1 fully saturated rings. The lowest BCUT2D eigenvalue weighted by atomic mass is 9.93. The number of carboxylic acids is 1. The minimum absolute atomic E-state index is 0.0596. The van der Waals surface area contributed by atoms with Crippen molar-refractivity contribution in [1.82, 2.24) is 4.90 Å².